The number of rotatable bonds is 5. The van der Waals surface area contributed by atoms with Crippen LogP contribution in [0.4, 0.5) is 4.39 Å². The monoisotopic (exact) mass is 469 g/mol. The molecule has 1 aromatic carbocycles. The van der Waals surface area contributed by atoms with Gasteiger partial charge in [-0.3, -0.25) is 9.36 Å². The number of fused-ring (bicyclic) bond motifs is 2. The van der Waals surface area contributed by atoms with Crippen LogP contribution in [0.1, 0.15) is 74.3 Å². The van der Waals surface area contributed by atoms with E-state index in [9.17, 15) is 14.3 Å². The Morgan fingerprint density at radius 1 is 1.26 bits per heavy atom. The van der Waals surface area contributed by atoms with Crippen molar-refractivity contribution in [2.75, 3.05) is 19.6 Å². The second-order valence-electron chi connectivity index (χ2n) is 10.4. The van der Waals surface area contributed by atoms with Crippen molar-refractivity contribution in [3.05, 3.63) is 57.1 Å². The zero-order valence-corrected chi connectivity index (χ0v) is 20.3. The zero-order chi connectivity index (χ0) is 24.0. The predicted octanol–water partition coefficient (Wildman–Crippen LogP) is 4.00. The van der Waals surface area contributed by atoms with Crippen molar-refractivity contribution in [3.63, 3.8) is 0 Å². The molecule has 34 heavy (non-hydrogen) atoms. The number of hydrogen-bond donors (Lipinski definition) is 1. The van der Waals surface area contributed by atoms with Crippen molar-refractivity contribution in [2.24, 2.45) is 0 Å². The lowest BCUT2D eigenvalue weighted by Gasteiger charge is -2.47. The zero-order valence-electron chi connectivity index (χ0n) is 20.3. The highest BCUT2D eigenvalue weighted by atomic mass is 19.1. The van der Waals surface area contributed by atoms with Gasteiger partial charge in [0.1, 0.15) is 17.7 Å². The number of likely N-dealkylation sites (tertiary alicyclic amines) is 1. The summed E-state index contributed by atoms with van der Waals surface area (Å²) >= 11 is 0. The fourth-order valence-electron chi connectivity index (χ4n) is 5.96. The minimum absolute atomic E-state index is 0.0133. The number of aliphatic hydroxyl groups is 1. The van der Waals surface area contributed by atoms with E-state index in [1.54, 1.807) is 10.6 Å². The summed E-state index contributed by atoms with van der Waals surface area (Å²) in [6.45, 7) is 9.92. The van der Waals surface area contributed by atoms with Crippen molar-refractivity contribution in [1.82, 2.24) is 14.7 Å². The van der Waals surface area contributed by atoms with Crippen LogP contribution in [0.2, 0.25) is 0 Å². The second kappa shape index (κ2) is 8.89. The Morgan fingerprint density at radius 3 is 2.76 bits per heavy atom. The first-order chi connectivity index (χ1) is 16.3. The van der Waals surface area contributed by atoms with Gasteiger partial charge in [0.25, 0.3) is 5.56 Å². The van der Waals surface area contributed by atoms with Crippen LogP contribution in [0, 0.1) is 12.7 Å². The quantitative estimate of drug-likeness (QED) is 0.571. The summed E-state index contributed by atoms with van der Waals surface area (Å²) in [4.78, 5) is 17.9. The van der Waals surface area contributed by atoms with Gasteiger partial charge in [0, 0.05) is 54.4 Å². The summed E-state index contributed by atoms with van der Waals surface area (Å²) in [7, 11) is 0. The highest BCUT2D eigenvalue weighted by Crippen LogP contribution is 2.36. The van der Waals surface area contributed by atoms with E-state index in [1.165, 1.54) is 12.1 Å². The molecular weight excluding hydrogens is 435 g/mol. The molecule has 182 valence electrons. The third-order valence-electron chi connectivity index (χ3n) is 8.25. The lowest BCUT2D eigenvalue weighted by molar-refractivity contribution is -0.952. The van der Waals surface area contributed by atoms with E-state index in [-0.39, 0.29) is 17.3 Å². The first-order valence-electron chi connectivity index (χ1n) is 12.5. The number of piperidine rings is 1. The number of aliphatic hydroxyl groups excluding tert-OH is 1. The van der Waals surface area contributed by atoms with Crippen molar-refractivity contribution >= 4 is 11.0 Å². The highest BCUT2D eigenvalue weighted by Gasteiger charge is 2.38. The largest absolute Gasteiger partial charge is 0.385 e. The van der Waals surface area contributed by atoms with E-state index in [0.29, 0.717) is 36.8 Å². The van der Waals surface area contributed by atoms with E-state index >= 15 is 0 Å². The molecule has 1 saturated heterocycles. The Labute approximate surface area is 198 Å². The predicted molar refractivity (Wildman–Crippen MR) is 127 cm³/mol. The fourth-order valence-corrected chi connectivity index (χ4v) is 5.96. The van der Waals surface area contributed by atoms with Crippen LogP contribution in [0.25, 0.3) is 11.0 Å². The van der Waals surface area contributed by atoms with Gasteiger partial charge >= 0.3 is 0 Å². The van der Waals surface area contributed by atoms with Crippen molar-refractivity contribution in [3.8, 4) is 0 Å². The topological polar surface area (TPSA) is 81.2 Å². The van der Waals surface area contributed by atoms with Crippen LogP contribution in [0.5, 0.6) is 0 Å². The summed E-state index contributed by atoms with van der Waals surface area (Å²) in [5.41, 5.74) is 2.98. The van der Waals surface area contributed by atoms with Crippen LogP contribution >= 0.6 is 0 Å². The normalized spacial score (nSPS) is 25.1. The molecule has 3 aromatic rings. The molecule has 1 unspecified atom stereocenters. The van der Waals surface area contributed by atoms with Crippen molar-refractivity contribution < 1.29 is 18.5 Å². The van der Waals surface area contributed by atoms with E-state index in [0.717, 1.165) is 65.7 Å². The molecule has 0 spiro atoms. The first kappa shape index (κ1) is 23.2. The number of halogens is 1. The maximum Gasteiger partial charge on any atom is 0.257 e. The van der Waals surface area contributed by atoms with E-state index in [1.807, 2.05) is 6.92 Å². The highest BCUT2D eigenvalue weighted by molar-refractivity contribution is 5.79. The lowest BCUT2D eigenvalue weighted by Crippen LogP contribution is -2.58. The van der Waals surface area contributed by atoms with Crippen LogP contribution in [0.15, 0.2) is 27.5 Å². The standard InChI is InChI=1S/C26H34FN4O3/c1-16(2)31(14-10-20-17(3)28-25-22(32)5-4-11-30(25)26(20)33)12-8-18(9-13-31)24-21-7-6-19(27)15-23(21)34-29-24/h6-7,15-16,18,22,32H,4-5,8-14H2,1-3H3/q+1. The third-order valence-corrected chi connectivity index (χ3v) is 8.25. The SMILES string of the molecule is Cc1nc2n(c(=O)c1CC[N+]1(C(C)C)CCC(c3noc4cc(F)ccc34)CC1)CCCC2O. The number of nitrogens with zero attached hydrogens (tertiary/aromatic N) is 4. The molecular formula is C26H34FN4O3+. The molecule has 0 radical (unpaired) electrons. The molecule has 2 aliphatic heterocycles. The Bertz CT molecular complexity index is 1260. The molecule has 1 N–H and O–H groups in total. The average molecular weight is 470 g/mol. The lowest BCUT2D eigenvalue weighted by atomic mass is 9.88. The Balaban J connectivity index is 1.34. The molecule has 2 aliphatic rings. The van der Waals surface area contributed by atoms with Crippen molar-refractivity contribution in [2.45, 2.75) is 77.5 Å². The summed E-state index contributed by atoms with van der Waals surface area (Å²) in [6.07, 6.45) is 3.45. The van der Waals surface area contributed by atoms with Crippen LogP contribution in [-0.4, -0.2) is 50.0 Å². The summed E-state index contributed by atoms with van der Waals surface area (Å²) in [5, 5.41) is 15.5. The van der Waals surface area contributed by atoms with Gasteiger partial charge in [-0.25, -0.2) is 9.37 Å². The van der Waals surface area contributed by atoms with Gasteiger partial charge in [-0.15, -0.1) is 0 Å². The van der Waals surface area contributed by atoms with Gasteiger partial charge in [0.2, 0.25) is 0 Å². The fraction of sp³-hybridized carbons (Fsp3) is 0.577. The van der Waals surface area contributed by atoms with Crippen LogP contribution in [0.3, 0.4) is 0 Å². The maximum atomic E-state index is 13.5. The molecule has 7 nitrogen and oxygen atoms in total. The number of aryl methyl sites for hydroxylation is 1. The smallest absolute Gasteiger partial charge is 0.257 e. The molecule has 0 amide bonds. The third kappa shape index (κ3) is 3.96. The molecule has 5 rings (SSSR count). The molecule has 0 bridgehead atoms. The van der Waals surface area contributed by atoms with E-state index in [2.05, 4.69) is 24.0 Å². The molecule has 0 saturated carbocycles. The van der Waals surface area contributed by atoms with E-state index in [4.69, 9.17) is 4.52 Å². The number of quaternary nitrogens is 1. The number of aromatic nitrogens is 3. The Morgan fingerprint density at radius 2 is 2.03 bits per heavy atom. The van der Waals surface area contributed by atoms with Crippen molar-refractivity contribution in [1.29, 1.82) is 0 Å². The Hall–Kier alpha value is -2.58. The maximum absolute atomic E-state index is 13.5. The van der Waals surface area contributed by atoms with Gasteiger partial charge < -0.3 is 14.1 Å². The van der Waals surface area contributed by atoms with E-state index < -0.39 is 6.10 Å². The summed E-state index contributed by atoms with van der Waals surface area (Å²) in [6, 6.07) is 5.06. The first-order valence-corrected chi connectivity index (χ1v) is 12.5. The number of hydrogen-bond acceptors (Lipinski definition) is 5. The van der Waals surface area contributed by atoms with Gasteiger partial charge in [-0.1, -0.05) is 5.16 Å². The van der Waals surface area contributed by atoms with Gasteiger partial charge in [-0.05, 0) is 45.7 Å². The minimum Gasteiger partial charge on any atom is -0.385 e. The second-order valence-corrected chi connectivity index (χ2v) is 10.4. The average Bonchev–Trinajstić information content (AvgIpc) is 3.23. The Kier molecular flexibility index (Phi) is 6.06. The molecule has 1 fully saturated rings. The van der Waals surface area contributed by atoms with Crippen LogP contribution < -0.4 is 5.56 Å². The molecule has 0 aliphatic carbocycles. The van der Waals surface area contributed by atoms with Gasteiger partial charge in [0.05, 0.1) is 31.4 Å². The molecule has 2 aromatic heterocycles. The number of benzene rings is 1. The summed E-state index contributed by atoms with van der Waals surface area (Å²) in [5.74, 6) is 0.494. The molecule has 4 heterocycles. The van der Waals surface area contributed by atoms with Gasteiger partial charge in [0.15, 0.2) is 5.58 Å². The van der Waals surface area contributed by atoms with Gasteiger partial charge in [-0.2, -0.15) is 0 Å². The summed E-state index contributed by atoms with van der Waals surface area (Å²) < 4.78 is 21.6. The van der Waals surface area contributed by atoms with Crippen LogP contribution in [-0.2, 0) is 13.0 Å². The minimum atomic E-state index is -0.647. The molecule has 1 atom stereocenters. The molecule has 8 heteroatoms.